The van der Waals surface area contributed by atoms with Gasteiger partial charge in [-0.05, 0) is 87.8 Å². The summed E-state index contributed by atoms with van der Waals surface area (Å²) in [5.74, 6) is 0.739. The monoisotopic (exact) mass is 308 g/mol. The van der Waals surface area contributed by atoms with Gasteiger partial charge in [0.2, 0.25) is 0 Å². The minimum Gasteiger partial charge on any atom is -0.0620 e. The van der Waals surface area contributed by atoms with Crippen molar-refractivity contribution in [1.82, 2.24) is 0 Å². The van der Waals surface area contributed by atoms with Gasteiger partial charge in [-0.25, -0.2) is 0 Å². The number of fused-ring (bicyclic) bond motifs is 4. The van der Waals surface area contributed by atoms with E-state index in [1.165, 1.54) is 48.4 Å². The Hall–Kier alpha value is -2.34. The van der Waals surface area contributed by atoms with Gasteiger partial charge in [-0.15, -0.1) is 0 Å². The van der Waals surface area contributed by atoms with Crippen molar-refractivity contribution in [2.75, 3.05) is 0 Å². The van der Waals surface area contributed by atoms with Gasteiger partial charge in [0, 0.05) is 0 Å². The van der Waals surface area contributed by atoms with Crippen LogP contribution in [0.15, 0.2) is 54.6 Å². The number of hydrogen-bond donors (Lipinski definition) is 0. The molecule has 3 aliphatic carbocycles. The second kappa shape index (κ2) is 4.60. The van der Waals surface area contributed by atoms with E-state index in [-0.39, 0.29) is 0 Å². The zero-order valence-corrected chi connectivity index (χ0v) is 13.8. The molecule has 0 amide bonds. The van der Waals surface area contributed by atoms with Gasteiger partial charge in [0.1, 0.15) is 0 Å². The maximum absolute atomic E-state index is 2.47. The van der Waals surface area contributed by atoms with Crippen molar-refractivity contribution in [3.05, 3.63) is 82.4 Å². The van der Waals surface area contributed by atoms with Crippen LogP contribution in [0, 0.1) is 5.92 Å². The smallest absolute Gasteiger partial charge is 0.0109 e. The van der Waals surface area contributed by atoms with E-state index in [0.29, 0.717) is 0 Å². The number of aryl methyl sites for hydroxylation is 2. The van der Waals surface area contributed by atoms with E-state index < -0.39 is 0 Å². The van der Waals surface area contributed by atoms with Crippen LogP contribution >= 0.6 is 0 Å². The van der Waals surface area contributed by atoms with Gasteiger partial charge in [0.25, 0.3) is 0 Å². The molecule has 0 spiro atoms. The van der Waals surface area contributed by atoms with Crippen LogP contribution in [-0.4, -0.2) is 0 Å². The van der Waals surface area contributed by atoms with E-state index in [1.54, 1.807) is 33.4 Å². The maximum atomic E-state index is 2.47. The first-order valence-electron chi connectivity index (χ1n) is 9.25. The quantitative estimate of drug-likeness (QED) is 0.491. The summed E-state index contributed by atoms with van der Waals surface area (Å²) in [5.41, 5.74) is 11.4. The molecule has 0 fully saturated rings. The lowest BCUT2D eigenvalue weighted by Crippen LogP contribution is -2.25. The molecule has 6 rings (SSSR count). The molecule has 0 saturated carbocycles. The van der Waals surface area contributed by atoms with Crippen molar-refractivity contribution in [2.24, 2.45) is 5.92 Å². The molecule has 3 aliphatic rings. The van der Waals surface area contributed by atoms with Crippen molar-refractivity contribution in [3.8, 4) is 0 Å². The fraction of sp³-hybridized carbons (Fsp3) is 0.250. The van der Waals surface area contributed by atoms with Gasteiger partial charge >= 0.3 is 0 Å². The van der Waals surface area contributed by atoms with Crippen molar-refractivity contribution in [3.63, 3.8) is 0 Å². The van der Waals surface area contributed by atoms with Crippen molar-refractivity contribution >= 4 is 21.9 Å². The molecule has 1 unspecified atom stereocenters. The van der Waals surface area contributed by atoms with Gasteiger partial charge in [0.15, 0.2) is 0 Å². The molecule has 0 heteroatoms. The summed E-state index contributed by atoms with van der Waals surface area (Å²) in [7, 11) is 0. The molecule has 3 aromatic rings. The third-order valence-electron chi connectivity index (χ3n) is 6.44. The lowest BCUT2D eigenvalue weighted by atomic mass is 9.64. The lowest BCUT2D eigenvalue weighted by Gasteiger charge is -2.39. The molecule has 0 aromatic heterocycles. The molecule has 0 bridgehead atoms. The average Bonchev–Trinajstić information content (AvgIpc) is 2.65. The van der Waals surface area contributed by atoms with E-state index in [2.05, 4.69) is 54.6 Å². The highest BCUT2D eigenvalue weighted by atomic mass is 14.4. The predicted molar refractivity (Wildman–Crippen MR) is 101 cm³/mol. The summed E-state index contributed by atoms with van der Waals surface area (Å²) in [5, 5.41) is 2.92. The highest BCUT2D eigenvalue weighted by molar-refractivity contribution is 6.02. The Morgan fingerprint density at radius 1 is 0.792 bits per heavy atom. The second-order valence-corrected chi connectivity index (χ2v) is 7.60. The Bertz CT molecular complexity index is 1040. The van der Waals surface area contributed by atoms with Crippen LogP contribution in [-0.2, 0) is 19.3 Å². The molecule has 0 radical (unpaired) electrons. The number of allylic oxidation sites excluding steroid dienone is 2. The number of rotatable bonds is 0. The van der Waals surface area contributed by atoms with Crippen LogP contribution in [0.25, 0.3) is 21.9 Å². The third-order valence-corrected chi connectivity index (χ3v) is 6.44. The standard InChI is InChI=1S/C24H20/c1-3-7-19-15(5-1)13-17-9-12-22-20-8-4-2-6-16(20)14-18-10-11-21(19)23(17)24(18)22/h1-8,13,18H,9-12,14H2. The molecular formula is C24H20. The van der Waals surface area contributed by atoms with Crippen LogP contribution < -0.4 is 0 Å². The summed E-state index contributed by atoms with van der Waals surface area (Å²) in [6.07, 6.45) is 6.21. The summed E-state index contributed by atoms with van der Waals surface area (Å²) in [6.45, 7) is 0. The van der Waals surface area contributed by atoms with E-state index in [0.717, 1.165) is 5.92 Å². The van der Waals surface area contributed by atoms with Gasteiger partial charge < -0.3 is 0 Å². The van der Waals surface area contributed by atoms with E-state index in [9.17, 15) is 0 Å². The Morgan fingerprint density at radius 3 is 2.67 bits per heavy atom. The van der Waals surface area contributed by atoms with E-state index >= 15 is 0 Å². The molecule has 116 valence electrons. The Balaban J connectivity index is 1.73. The first kappa shape index (κ1) is 13.0. The molecule has 0 N–H and O–H groups in total. The van der Waals surface area contributed by atoms with Gasteiger partial charge in [-0.1, -0.05) is 54.6 Å². The SMILES string of the molecule is c1ccc2c(c1)CC1CCc3c4c(cc5ccccc35)CCC2=C41. The number of benzene rings is 3. The summed E-state index contributed by atoms with van der Waals surface area (Å²) in [6, 6.07) is 20.6. The second-order valence-electron chi connectivity index (χ2n) is 7.60. The molecule has 0 aliphatic heterocycles. The fourth-order valence-electron chi connectivity index (χ4n) is 5.48. The largest absolute Gasteiger partial charge is 0.0620 e. The van der Waals surface area contributed by atoms with Crippen LogP contribution in [0.1, 0.15) is 40.7 Å². The first-order valence-corrected chi connectivity index (χ1v) is 9.25. The topological polar surface area (TPSA) is 0 Å². The van der Waals surface area contributed by atoms with Crippen LogP contribution in [0.2, 0.25) is 0 Å². The average molecular weight is 308 g/mol. The first-order chi connectivity index (χ1) is 11.9. The van der Waals surface area contributed by atoms with Crippen LogP contribution in [0.4, 0.5) is 0 Å². The number of hydrogen-bond acceptors (Lipinski definition) is 0. The van der Waals surface area contributed by atoms with Gasteiger partial charge in [-0.2, -0.15) is 0 Å². The summed E-state index contributed by atoms with van der Waals surface area (Å²) >= 11 is 0. The molecule has 0 saturated heterocycles. The summed E-state index contributed by atoms with van der Waals surface area (Å²) in [4.78, 5) is 0. The fourth-order valence-corrected chi connectivity index (χ4v) is 5.48. The molecule has 0 nitrogen and oxygen atoms in total. The molecule has 3 aromatic carbocycles. The highest BCUT2D eigenvalue weighted by Crippen LogP contribution is 2.52. The van der Waals surface area contributed by atoms with Crippen LogP contribution in [0.5, 0.6) is 0 Å². The zero-order valence-electron chi connectivity index (χ0n) is 13.8. The molecule has 0 heterocycles. The van der Waals surface area contributed by atoms with Gasteiger partial charge in [-0.3, -0.25) is 0 Å². The van der Waals surface area contributed by atoms with E-state index in [1.807, 2.05) is 0 Å². The van der Waals surface area contributed by atoms with Crippen molar-refractivity contribution in [1.29, 1.82) is 0 Å². The highest BCUT2D eigenvalue weighted by Gasteiger charge is 2.36. The van der Waals surface area contributed by atoms with Crippen molar-refractivity contribution in [2.45, 2.75) is 32.1 Å². The van der Waals surface area contributed by atoms with Gasteiger partial charge in [0.05, 0.1) is 0 Å². The minimum atomic E-state index is 0.739. The lowest BCUT2D eigenvalue weighted by molar-refractivity contribution is 0.577. The normalized spacial score (nSPS) is 20.8. The third kappa shape index (κ3) is 1.59. The van der Waals surface area contributed by atoms with E-state index in [4.69, 9.17) is 0 Å². The predicted octanol–water partition coefficient (Wildman–Crippen LogP) is 5.82. The molecule has 24 heavy (non-hydrogen) atoms. The molecule has 1 atom stereocenters. The minimum absolute atomic E-state index is 0.739. The van der Waals surface area contributed by atoms with Crippen LogP contribution in [0.3, 0.4) is 0 Å². The summed E-state index contributed by atoms with van der Waals surface area (Å²) < 4.78 is 0. The zero-order chi connectivity index (χ0) is 15.7. The Morgan fingerprint density at radius 2 is 1.67 bits per heavy atom. The maximum Gasteiger partial charge on any atom is -0.0109 e. The molecular weight excluding hydrogens is 288 g/mol. The Kier molecular flexibility index (Phi) is 2.49. The Labute approximate surface area is 142 Å². The van der Waals surface area contributed by atoms with Crippen molar-refractivity contribution < 1.29 is 0 Å².